The van der Waals surface area contributed by atoms with Crippen molar-refractivity contribution in [2.45, 2.75) is 31.3 Å². The largest absolute Gasteiger partial charge is 0.335 e. The monoisotopic (exact) mass is 364 g/mol. The number of halogens is 1. The van der Waals surface area contributed by atoms with Crippen molar-refractivity contribution >= 4 is 35.1 Å². The van der Waals surface area contributed by atoms with Crippen molar-refractivity contribution in [2.75, 3.05) is 25.0 Å². The predicted octanol–water partition coefficient (Wildman–Crippen LogP) is 1.37. The lowest BCUT2D eigenvalue weighted by atomic mass is 10.2. The van der Waals surface area contributed by atoms with Crippen LogP contribution < -0.4 is 15.5 Å². The number of amides is 4. The van der Waals surface area contributed by atoms with Gasteiger partial charge in [0, 0.05) is 12.6 Å². The maximum atomic E-state index is 12.7. The molecule has 1 saturated heterocycles. The first-order chi connectivity index (χ1) is 12.0. The number of carbonyl (C=O) groups is 3. The fourth-order valence-electron chi connectivity index (χ4n) is 2.94. The number of likely N-dealkylation sites (N-methyl/N-ethyl adjacent to an activating group) is 1. The number of carbonyl (C=O) groups excluding carboxylic acids is 3. The first kappa shape index (κ1) is 17.7. The third-order valence-electron chi connectivity index (χ3n) is 4.41. The molecule has 1 aromatic rings. The third kappa shape index (κ3) is 4.29. The average molecular weight is 365 g/mol. The number of imide groups is 1. The lowest BCUT2D eigenvalue weighted by Crippen LogP contribution is -2.48. The van der Waals surface area contributed by atoms with Crippen LogP contribution in [0.25, 0.3) is 0 Å². The third-order valence-corrected chi connectivity index (χ3v) is 4.73. The molecular weight excluding hydrogens is 344 g/mol. The average Bonchev–Trinajstić information content (AvgIpc) is 3.27. The van der Waals surface area contributed by atoms with Gasteiger partial charge in [0.05, 0.1) is 23.3 Å². The van der Waals surface area contributed by atoms with Crippen LogP contribution in [0.2, 0.25) is 5.02 Å². The summed E-state index contributed by atoms with van der Waals surface area (Å²) in [5.74, 6) is -0.518. The molecule has 2 N–H and O–H groups in total. The smallest absolute Gasteiger partial charge is 0.321 e. The molecule has 1 aliphatic carbocycles. The molecule has 1 aromatic carbocycles. The van der Waals surface area contributed by atoms with Gasteiger partial charge in [-0.1, -0.05) is 23.7 Å². The van der Waals surface area contributed by atoms with Crippen LogP contribution in [0.3, 0.4) is 0 Å². The van der Waals surface area contributed by atoms with E-state index in [1.165, 1.54) is 0 Å². The van der Waals surface area contributed by atoms with E-state index in [1.54, 1.807) is 29.0 Å². The van der Waals surface area contributed by atoms with Gasteiger partial charge < -0.3 is 10.2 Å². The highest BCUT2D eigenvalue weighted by molar-refractivity contribution is 6.33. The van der Waals surface area contributed by atoms with Crippen LogP contribution in [0.1, 0.15) is 19.3 Å². The molecule has 1 unspecified atom stereocenters. The van der Waals surface area contributed by atoms with E-state index >= 15 is 0 Å². The van der Waals surface area contributed by atoms with Crippen LogP contribution in [-0.4, -0.2) is 55.0 Å². The predicted molar refractivity (Wildman–Crippen MR) is 94.5 cm³/mol. The quantitative estimate of drug-likeness (QED) is 0.826. The second kappa shape index (κ2) is 7.41. The second-order valence-corrected chi connectivity index (χ2v) is 6.86. The molecule has 134 valence electrons. The second-order valence-electron chi connectivity index (χ2n) is 6.46. The number of rotatable bonds is 5. The van der Waals surface area contributed by atoms with Gasteiger partial charge in [-0.3, -0.25) is 19.8 Å². The van der Waals surface area contributed by atoms with Gasteiger partial charge in [0.2, 0.25) is 11.8 Å². The first-order valence-corrected chi connectivity index (χ1v) is 8.70. The Kier molecular flexibility index (Phi) is 5.24. The fraction of sp³-hybridized carbons (Fsp3) is 0.471. The van der Waals surface area contributed by atoms with Crippen molar-refractivity contribution in [1.29, 1.82) is 0 Å². The van der Waals surface area contributed by atoms with Crippen molar-refractivity contribution in [2.24, 2.45) is 0 Å². The molecule has 1 aliphatic heterocycles. The van der Waals surface area contributed by atoms with E-state index in [9.17, 15) is 14.4 Å². The van der Waals surface area contributed by atoms with E-state index in [-0.39, 0.29) is 18.5 Å². The Morgan fingerprint density at radius 2 is 2.00 bits per heavy atom. The van der Waals surface area contributed by atoms with Gasteiger partial charge >= 0.3 is 6.03 Å². The SMILES string of the molecule is CN(CC(=O)NC(=O)NC1CC1)C1CCN(c2ccccc2Cl)C1=O. The lowest BCUT2D eigenvalue weighted by Gasteiger charge is -2.23. The molecule has 4 amide bonds. The fourth-order valence-corrected chi connectivity index (χ4v) is 3.17. The van der Waals surface area contributed by atoms with Gasteiger partial charge in [-0.15, -0.1) is 0 Å². The molecule has 0 bridgehead atoms. The number of para-hydroxylation sites is 1. The van der Waals surface area contributed by atoms with Gasteiger partial charge in [0.1, 0.15) is 0 Å². The van der Waals surface area contributed by atoms with Crippen molar-refractivity contribution in [1.82, 2.24) is 15.5 Å². The minimum absolute atomic E-state index is 0.0230. The van der Waals surface area contributed by atoms with Crippen LogP contribution in [0.15, 0.2) is 24.3 Å². The van der Waals surface area contributed by atoms with Crippen LogP contribution in [0.5, 0.6) is 0 Å². The topological polar surface area (TPSA) is 81.8 Å². The summed E-state index contributed by atoms with van der Waals surface area (Å²) in [7, 11) is 1.71. The molecule has 2 fully saturated rings. The molecule has 1 saturated carbocycles. The summed E-state index contributed by atoms with van der Waals surface area (Å²) >= 11 is 6.17. The number of nitrogens with one attached hydrogen (secondary N) is 2. The lowest BCUT2D eigenvalue weighted by molar-refractivity contribution is -0.124. The highest BCUT2D eigenvalue weighted by atomic mass is 35.5. The number of urea groups is 1. The normalized spacial score (nSPS) is 20.0. The molecule has 0 aromatic heterocycles. The van der Waals surface area contributed by atoms with Gasteiger partial charge in [-0.05, 0) is 38.4 Å². The zero-order valence-electron chi connectivity index (χ0n) is 14.0. The van der Waals surface area contributed by atoms with E-state index in [0.29, 0.717) is 23.7 Å². The van der Waals surface area contributed by atoms with Crippen molar-refractivity contribution in [3.8, 4) is 0 Å². The van der Waals surface area contributed by atoms with E-state index in [1.807, 2.05) is 12.1 Å². The number of anilines is 1. The minimum Gasteiger partial charge on any atom is -0.335 e. The number of nitrogens with zero attached hydrogens (tertiary/aromatic N) is 2. The van der Waals surface area contributed by atoms with E-state index in [4.69, 9.17) is 11.6 Å². The van der Waals surface area contributed by atoms with E-state index < -0.39 is 18.0 Å². The molecule has 1 heterocycles. The Labute approximate surface area is 151 Å². The Balaban J connectivity index is 1.54. The van der Waals surface area contributed by atoms with Crippen LogP contribution in [0.4, 0.5) is 10.5 Å². The Hall–Kier alpha value is -2.12. The zero-order chi connectivity index (χ0) is 18.0. The maximum Gasteiger partial charge on any atom is 0.321 e. The Morgan fingerprint density at radius 3 is 2.68 bits per heavy atom. The van der Waals surface area contributed by atoms with Gasteiger partial charge in [0.15, 0.2) is 0 Å². The molecule has 2 aliphatic rings. The van der Waals surface area contributed by atoms with Crippen LogP contribution in [0, 0.1) is 0 Å². The molecule has 25 heavy (non-hydrogen) atoms. The van der Waals surface area contributed by atoms with Crippen LogP contribution in [-0.2, 0) is 9.59 Å². The molecule has 0 radical (unpaired) electrons. The molecule has 8 heteroatoms. The summed E-state index contributed by atoms with van der Waals surface area (Å²) in [5.41, 5.74) is 0.679. The van der Waals surface area contributed by atoms with Gasteiger partial charge in [-0.25, -0.2) is 4.79 Å². The molecular formula is C17H21ClN4O3. The van der Waals surface area contributed by atoms with Crippen molar-refractivity contribution in [3.05, 3.63) is 29.3 Å². The van der Waals surface area contributed by atoms with Gasteiger partial charge in [-0.2, -0.15) is 0 Å². The summed E-state index contributed by atoms with van der Waals surface area (Å²) in [4.78, 5) is 39.5. The standard InChI is InChI=1S/C17H21ClN4O3/c1-21(10-15(23)20-17(25)19-11-6-7-11)14-8-9-22(16(14)24)13-5-3-2-4-12(13)18/h2-5,11,14H,6-10H2,1H3,(H2,19,20,23,25). The van der Waals surface area contributed by atoms with Crippen LogP contribution >= 0.6 is 11.6 Å². The molecule has 7 nitrogen and oxygen atoms in total. The summed E-state index contributed by atoms with van der Waals surface area (Å²) in [6.45, 7) is 0.520. The highest BCUT2D eigenvalue weighted by Gasteiger charge is 2.36. The number of hydrogen-bond acceptors (Lipinski definition) is 4. The Morgan fingerprint density at radius 1 is 1.28 bits per heavy atom. The minimum atomic E-state index is -0.476. The van der Waals surface area contributed by atoms with E-state index in [0.717, 1.165) is 12.8 Å². The molecule has 1 atom stereocenters. The van der Waals surface area contributed by atoms with Crippen molar-refractivity contribution < 1.29 is 14.4 Å². The summed E-state index contributed by atoms with van der Waals surface area (Å²) in [6.07, 6.45) is 2.51. The summed E-state index contributed by atoms with van der Waals surface area (Å²) < 4.78 is 0. The first-order valence-electron chi connectivity index (χ1n) is 8.32. The molecule has 0 spiro atoms. The summed E-state index contributed by atoms with van der Waals surface area (Å²) in [5, 5.41) is 5.51. The summed E-state index contributed by atoms with van der Waals surface area (Å²) in [6, 6.07) is 6.49. The Bertz CT molecular complexity index is 692. The van der Waals surface area contributed by atoms with Gasteiger partial charge in [0.25, 0.3) is 0 Å². The number of benzene rings is 1. The maximum absolute atomic E-state index is 12.7. The number of hydrogen-bond donors (Lipinski definition) is 2. The molecule has 3 rings (SSSR count). The van der Waals surface area contributed by atoms with E-state index in [2.05, 4.69) is 10.6 Å². The highest BCUT2D eigenvalue weighted by Crippen LogP contribution is 2.30. The van der Waals surface area contributed by atoms with Crippen molar-refractivity contribution in [3.63, 3.8) is 0 Å². The zero-order valence-corrected chi connectivity index (χ0v) is 14.8.